The Labute approximate surface area is 148 Å². The van der Waals surface area contributed by atoms with Gasteiger partial charge in [0.25, 0.3) is 10.0 Å². The summed E-state index contributed by atoms with van der Waals surface area (Å²) in [6, 6.07) is 7.02. The largest absolute Gasteiger partial charge is 0.493 e. The van der Waals surface area contributed by atoms with Crippen LogP contribution < -0.4 is 14.2 Å². The Morgan fingerprint density at radius 2 is 1.80 bits per heavy atom. The van der Waals surface area contributed by atoms with Crippen LogP contribution in [-0.4, -0.2) is 27.6 Å². The molecule has 3 aromatic rings. The Morgan fingerprint density at radius 1 is 1.12 bits per heavy atom. The van der Waals surface area contributed by atoms with Crippen molar-refractivity contribution in [2.75, 3.05) is 18.9 Å². The van der Waals surface area contributed by atoms with Crippen molar-refractivity contribution in [2.24, 2.45) is 0 Å². The molecule has 0 atom stereocenters. The summed E-state index contributed by atoms with van der Waals surface area (Å²) >= 11 is 1.45. The fourth-order valence-electron chi connectivity index (χ4n) is 2.35. The maximum Gasteiger partial charge on any atom is 0.264 e. The van der Waals surface area contributed by atoms with Gasteiger partial charge in [-0.15, -0.1) is 11.3 Å². The number of nitrogens with zero attached hydrogens (tertiary/aromatic N) is 1. The quantitative estimate of drug-likeness (QED) is 0.730. The van der Waals surface area contributed by atoms with E-state index in [1.807, 2.05) is 6.92 Å². The first kappa shape index (κ1) is 17.4. The summed E-state index contributed by atoms with van der Waals surface area (Å²) in [6.45, 7) is 1.87. The van der Waals surface area contributed by atoms with Crippen LogP contribution in [0.25, 0.3) is 10.2 Å². The van der Waals surface area contributed by atoms with E-state index in [0.717, 1.165) is 27.4 Å². The van der Waals surface area contributed by atoms with E-state index in [1.165, 1.54) is 25.6 Å². The number of fused-ring (bicyclic) bond motifs is 1. The summed E-state index contributed by atoms with van der Waals surface area (Å²) in [4.78, 5) is 3.79. The Bertz CT molecular complexity index is 1050. The van der Waals surface area contributed by atoms with Crippen molar-refractivity contribution in [1.29, 1.82) is 0 Å². The van der Waals surface area contributed by atoms with Crippen LogP contribution in [0.5, 0.6) is 11.5 Å². The normalized spacial score (nSPS) is 11.5. The van der Waals surface area contributed by atoms with Crippen LogP contribution >= 0.6 is 11.3 Å². The first-order valence-corrected chi connectivity index (χ1v) is 9.45. The molecule has 0 aliphatic carbocycles. The van der Waals surface area contributed by atoms with Gasteiger partial charge in [0, 0.05) is 12.1 Å². The lowest BCUT2D eigenvalue weighted by molar-refractivity contribution is 0.350. The van der Waals surface area contributed by atoms with Crippen molar-refractivity contribution >= 4 is 37.3 Å². The predicted octanol–water partition coefficient (Wildman–Crippen LogP) is 3.56. The van der Waals surface area contributed by atoms with Crippen LogP contribution in [0, 0.1) is 12.7 Å². The molecule has 132 valence electrons. The number of halogens is 1. The van der Waals surface area contributed by atoms with E-state index in [4.69, 9.17) is 9.47 Å². The van der Waals surface area contributed by atoms with Gasteiger partial charge in [-0.05, 0) is 25.1 Å². The second-order valence-corrected chi connectivity index (χ2v) is 8.04. The summed E-state index contributed by atoms with van der Waals surface area (Å²) in [5, 5.41) is 0.876. The summed E-state index contributed by atoms with van der Waals surface area (Å²) in [6.07, 6.45) is 0. The average Bonchev–Trinajstić information content (AvgIpc) is 2.93. The number of aromatic nitrogens is 1. The van der Waals surface area contributed by atoms with Crippen molar-refractivity contribution in [1.82, 2.24) is 4.98 Å². The molecule has 3 rings (SSSR count). The number of rotatable bonds is 5. The number of aryl methyl sites for hydroxylation is 1. The van der Waals surface area contributed by atoms with E-state index < -0.39 is 20.7 Å². The number of sulfonamides is 1. The van der Waals surface area contributed by atoms with Gasteiger partial charge >= 0.3 is 0 Å². The van der Waals surface area contributed by atoms with Crippen molar-refractivity contribution in [3.63, 3.8) is 0 Å². The zero-order valence-electron chi connectivity index (χ0n) is 13.7. The molecule has 1 aromatic heterocycles. The lowest BCUT2D eigenvalue weighted by Gasteiger charge is -2.12. The molecule has 0 saturated heterocycles. The van der Waals surface area contributed by atoms with Gasteiger partial charge in [-0.1, -0.05) is 0 Å². The van der Waals surface area contributed by atoms with Crippen LogP contribution in [0.1, 0.15) is 5.01 Å². The number of benzene rings is 2. The van der Waals surface area contributed by atoms with E-state index in [9.17, 15) is 12.8 Å². The summed E-state index contributed by atoms with van der Waals surface area (Å²) in [5.41, 5.74) is 1.10. The van der Waals surface area contributed by atoms with Crippen molar-refractivity contribution in [3.05, 3.63) is 41.2 Å². The number of ether oxygens (including phenoxy) is 2. The Morgan fingerprint density at radius 3 is 2.48 bits per heavy atom. The molecule has 6 nitrogen and oxygen atoms in total. The summed E-state index contributed by atoms with van der Waals surface area (Å²) in [5.74, 6) is -0.696. The molecule has 0 fully saturated rings. The zero-order chi connectivity index (χ0) is 18.2. The Kier molecular flexibility index (Phi) is 4.53. The molecule has 0 aliphatic heterocycles. The number of thiazole rings is 1. The van der Waals surface area contributed by atoms with Gasteiger partial charge in [-0.2, -0.15) is 0 Å². The average molecular weight is 382 g/mol. The van der Waals surface area contributed by atoms with E-state index >= 15 is 0 Å². The molecule has 0 radical (unpaired) electrons. The maximum absolute atomic E-state index is 14.2. The van der Waals surface area contributed by atoms with Gasteiger partial charge in [0.1, 0.15) is 10.7 Å². The Balaban J connectivity index is 2.00. The van der Waals surface area contributed by atoms with Crippen LogP contribution in [0.4, 0.5) is 10.1 Å². The minimum Gasteiger partial charge on any atom is -0.493 e. The van der Waals surface area contributed by atoms with E-state index in [-0.39, 0.29) is 11.5 Å². The third-order valence-electron chi connectivity index (χ3n) is 3.48. The topological polar surface area (TPSA) is 77.5 Å². The Hall–Kier alpha value is -2.39. The van der Waals surface area contributed by atoms with Gasteiger partial charge < -0.3 is 9.47 Å². The standard InChI is InChI=1S/C16H15FN2O4S2/c1-9-18-12-5-4-10(6-15(12)24-9)19-25(20,21)16-8-14(23-3)13(22-2)7-11(16)17/h4-8,19H,1-3H3. The molecule has 1 heterocycles. The van der Waals surface area contributed by atoms with Crippen molar-refractivity contribution in [2.45, 2.75) is 11.8 Å². The second-order valence-electron chi connectivity index (χ2n) is 5.16. The number of nitrogens with one attached hydrogen (secondary N) is 1. The summed E-state index contributed by atoms with van der Waals surface area (Å²) < 4.78 is 52.6. The van der Waals surface area contributed by atoms with E-state index in [0.29, 0.717) is 5.69 Å². The predicted molar refractivity (Wildman–Crippen MR) is 94.7 cm³/mol. The van der Waals surface area contributed by atoms with Crippen molar-refractivity contribution in [3.8, 4) is 11.5 Å². The maximum atomic E-state index is 14.2. The highest BCUT2D eigenvalue weighted by Crippen LogP contribution is 2.33. The molecular weight excluding hydrogens is 367 g/mol. The lowest BCUT2D eigenvalue weighted by atomic mass is 10.3. The molecule has 0 saturated carbocycles. The number of hydrogen-bond donors (Lipinski definition) is 1. The number of anilines is 1. The van der Waals surface area contributed by atoms with Crippen LogP contribution in [0.3, 0.4) is 0 Å². The molecule has 25 heavy (non-hydrogen) atoms. The van der Waals surface area contributed by atoms with Crippen molar-refractivity contribution < 1.29 is 22.3 Å². The molecule has 2 aromatic carbocycles. The fraction of sp³-hybridized carbons (Fsp3) is 0.188. The third-order valence-corrected chi connectivity index (χ3v) is 5.81. The first-order valence-electron chi connectivity index (χ1n) is 7.15. The molecular formula is C16H15FN2O4S2. The third kappa shape index (κ3) is 3.38. The molecule has 0 aliphatic rings. The van der Waals surface area contributed by atoms with Gasteiger partial charge in [-0.25, -0.2) is 17.8 Å². The summed E-state index contributed by atoms with van der Waals surface area (Å²) in [7, 11) is -1.45. The fourth-order valence-corrected chi connectivity index (χ4v) is 4.35. The van der Waals surface area contributed by atoms with E-state index in [2.05, 4.69) is 9.71 Å². The number of hydrogen-bond acceptors (Lipinski definition) is 6. The zero-order valence-corrected chi connectivity index (χ0v) is 15.3. The first-order chi connectivity index (χ1) is 11.8. The highest BCUT2D eigenvalue weighted by Gasteiger charge is 2.23. The smallest absolute Gasteiger partial charge is 0.264 e. The molecule has 0 bridgehead atoms. The lowest BCUT2D eigenvalue weighted by Crippen LogP contribution is -2.15. The van der Waals surface area contributed by atoms with Crippen LogP contribution in [0.15, 0.2) is 35.2 Å². The molecule has 9 heteroatoms. The number of methoxy groups -OCH3 is 2. The molecule has 0 unspecified atom stereocenters. The minimum absolute atomic E-state index is 0.112. The molecule has 0 amide bonds. The molecule has 1 N–H and O–H groups in total. The van der Waals surface area contributed by atoms with Crippen LogP contribution in [0.2, 0.25) is 0 Å². The highest BCUT2D eigenvalue weighted by atomic mass is 32.2. The van der Waals surface area contributed by atoms with Gasteiger partial charge in [0.2, 0.25) is 0 Å². The highest BCUT2D eigenvalue weighted by molar-refractivity contribution is 7.92. The van der Waals surface area contributed by atoms with Gasteiger partial charge in [0.05, 0.1) is 35.1 Å². The molecule has 0 spiro atoms. The second kappa shape index (κ2) is 6.49. The van der Waals surface area contributed by atoms with Gasteiger partial charge in [0.15, 0.2) is 11.5 Å². The van der Waals surface area contributed by atoms with E-state index in [1.54, 1.807) is 18.2 Å². The monoisotopic (exact) mass is 382 g/mol. The minimum atomic E-state index is -4.14. The van der Waals surface area contributed by atoms with Gasteiger partial charge in [-0.3, -0.25) is 4.72 Å². The van der Waals surface area contributed by atoms with Crippen LogP contribution in [-0.2, 0) is 10.0 Å². The SMILES string of the molecule is COc1cc(F)c(S(=O)(=O)Nc2ccc3nc(C)sc3c2)cc1OC.